The lowest BCUT2D eigenvalue weighted by Gasteiger charge is -2.25. The fourth-order valence-electron chi connectivity index (χ4n) is 3.25. The van der Waals surface area contributed by atoms with E-state index in [1.807, 2.05) is 36.6 Å². The van der Waals surface area contributed by atoms with Crippen LogP contribution in [0.4, 0.5) is 0 Å². The number of guanidine groups is 1. The lowest BCUT2D eigenvalue weighted by atomic mass is 10.0. The highest BCUT2D eigenvalue weighted by Crippen LogP contribution is 2.07. The first-order chi connectivity index (χ1) is 17.6. The zero-order chi connectivity index (χ0) is 27.8. The second kappa shape index (κ2) is 17.5. The first kappa shape index (κ1) is 32.1. The number of nitrogens with zero attached hydrogens (tertiary/aromatic N) is 1. The molecule has 0 aromatic heterocycles. The van der Waals surface area contributed by atoms with Crippen molar-refractivity contribution in [1.29, 1.82) is 0 Å². The van der Waals surface area contributed by atoms with Gasteiger partial charge in [0, 0.05) is 12.3 Å². The largest absolute Gasteiger partial charge is 0.480 e. The van der Waals surface area contributed by atoms with E-state index in [4.69, 9.17) is 17.2 Å². The zero-order valence-electron chi connectivity index (χ0n) is 20.8. The van der Waals surface area contributed by atoms with E-state index in [1.165, 1.54) is 11.8 Å². The molecule has 0 saturated carbocycles. The molecule has 14 heteroatoms. The van der Waals surface area contributed by atoms with Crippen molar-refractivity contribution in [1.82, 2.24) is 16.0 Å². The molecule has 3 amide bonds. The lowest BCUT2D eigenvalue weighted by Crippen LogP contribution is -2.57. The van der Waals surface area contributed by atoms with Gasteiger partial charge < -0.3 is 38.3 Å². The van der Waals surface area contributed by atoms with Gasteiger partial charge >= 0.3 is 5.97 Å². The van der Waals surface area contributed by atoms with Gasteiger partial charge in [-0.2, -0.15) is 24.4 Å². The minimum absolute atomic E-state index is 0.0964. The van der Waals surface area contributed by atoms with Gasteiger partial charge in [-0.25, -0.2) is 4.79 Å². The minimum atomic E-state index is -1.24. The van der Waals surface area contributed by atoms with E-state index in [0.29, 0.717) is 12.2 Å². The molecule has 0 aliphatic rings. The molecule has 1 rings (SSSR count). The van der Waals surface area contributed by atoms with Gasteiger partial charge in [0.1, 0.15) is 18.1 Å². The van der Waals surface area contributed by atoms with Gasteiger partial charge in [-0.15, -0.1) is 0 Å². The molecule has 4 unspecified atom stereocenters. The van der Waals surface area contributed by atoms with Crippen LogP contribution in [0.2, 0.25) is 0 Å². The van der Waals surface area contributed by atoms with Crippen molar-refractivity contribution < 1.29 is 24.3 Å². The van der Waals surface area contributed by atoms with Crippen LogP contribution in [0.1, 0.15) is 24.8 Å². The van der Waals surface area contributed by atoms with Gasteiger partial charge in [0.15, 0.2) is 5.96 Å². The number of thioether (sulfide) groups is 1. The van der Waals surface area contributed by atoms with Crippen molar-refractivity contribution >= 4 is 54.0 Å². The van der Waals surface area contributed by atoms with Crippen LogP contribution < -0.4 is 33.2 Å². The molecule has 0 radical (unpaired) electrons. The summed E-state index contributed by atoms with van der Waals surface area (Å²) in [6, 6.07) is 5.06. The number of hydrogen-bond acceptors (Lipinski definition) is 8. The smallest absolute Gasteiger partial charge is 0.327 e. The maximum Gasteiger partial charge on any atom is 0.327 e. The van der Waals surface area contributed by atoms with Crippen molar-refractivity contribution in [2.45, 2.75) is 49.9 Å². The maximum atomic E-state index is 13.2. The van der Waals surface area contributed by atoms with Crippen LogP contribution in [0.3, 0.4) is 0 Å². The molecule has 1 aromatic carbocycles. The fraction of sp³-hybridized carbons (Fsp3) is 0.522. The Kier molecular flexibility index (Phi) is 15.1. The molecule has 12 nitrogen and oxygen atoms in total. The number of nitrogens with one attached hydrogen (secondary N) is 3. The SMILES string of the molecule is CSCCC(NC(=O)C(CCCN=C(N)N)NC(=O)C(N)Cc1ccccc1)C(=O)NC(CS)C(=O)O. The maximum absolute atomic E-state index is 13.2. The van der Waals surface area contributed by atoms with Gasteiger partial charge in [-0.3, -0.25) is 19.4 Å². The molecule has 10 N–H and O–H groups in total. The Labute approximate surface area is 226 Å². The third-order valence-electron chi connectivity index (χ3n) is 5.25. The number of rotatable bonds is 17. The summed E-state index contributed by atoms with van der Waals surface area (Å²) in [6.45, 7) is 0.233. The molecule has 0 aliphatic heterocycles. The Morgan fingerprint density at radius 3 is 2.08 bits per heavy atom. The van der Waals surface area contributed by atoms with E-state index in [2.05, 4.69) is 33.6 Å². The standard InChI is InChI=1S/C23H37N7O5S2/c1-37-11-9-17(21(33)30-18(13-36)22(34)35)29-20(32)16(8-5-10-27-23(25)26)28-19(31)15(24)12-14-6-3-2-4-7-14/h2-4,6-7,15-18,36H,5,8-13,24H2,1H3,(H,28,31)(H,29,32)(H,30,33)(H,34,35)(H4,25,26,27). The van der Waals surface area contributed by atoms with E-state index in [1.54, 1.807) is 0 Å². The van der Waals surface area contributed by atoms with Crippen molar-refractivity contribution in [3.63, 3.8) is 0 Å². The number of aliphatic carboxylic acids is 1. The quantitative estimate of drug-likeness (QED) is 0.0502. The zero-order valence-corrected chi connectivity index (χ0v) is 22.5. The van der Waals surface area contributed by atoms with E-state index >= 15 is 0 Å². The summed E-state index contributed by atoms with van der Waals surface area (Å²) in [7, 11) is 0. The average molecular weight is 556 g/mol. The molecule has 0 aliphatic carbocycles. The Balaban J connectivity index is 2.97. The minimum Gasteiger partial charge on any atom is -0.480 e. The van der Waals surface area contributed by atoms with Gasteiger partial charge in [0.25, 0.3) is 0 Å². The van der Waals surface area contributed by atoms with Crippen LogP contribution in [-0.4, -0.2) is 83.2 Å². The number of thiol groups is 1. The molecule has 0 heterocycles. The summed E-state index contributed by atoms with van der Waals surface area (Å²) in [5.74, 6) is -2.72. The first-order valence-corrected chi connectivity index (χ1v) is 13.7. The van der Waals surface area contributed by atoms with Gasteiger partial charge in [-0.05, 0) is 43.3 Å². The third-order valence-corrected chi connectivity index (χ3v) is 6.26. The average Bonchev–Trinajstić information content (AvgIpc) is 2.86. The molecule has 0 bridgehead atoms. The monoisotopic (exact) mass is 555 g/mol. The van der Waals surface area contributed by atoms with Crippen LogP contribution in [0.15, 0.2) is 35.3 Å². The number of carboxylic acids is 1. The van der Waals surface area contributed by atoms with E-state index < -0.39 is 47.9 Å². The number of benzene rings is 1. The molecule has 0 fully saturated rings. The van der Waals surface area contributed by atoms with Gasteiger partial charge in [-0.1, -0.05) is 30.3 Å². The number of carbonyl (C=O) groups is 4. The number of amides is 3. The normalized spacial score (nSPS) is 13.9. The van der Waals surface area contributed by atoms with Crippen molar-refractivity contribution in [3.05, 3.63) is 35.9 Å². The molecular weight excluding hydrogens is 518 g/mol. The van der Waals surface area contributed by atoms with Gasteiger partial charge in [0.05, 0.1) is 6.04 Å². The third kappa shape index (κ3) is 12.7. The summed E-state index contributed by atoms with van der Waals surface area (Å²) in [6.07, 6.45) is 2.91. The predicted molar refractivity (Wildman–Crippen MR) is 148 cm³/mol. The molecule has 37 heavy (non-hydrogen) atoms. The fourth-order valence-corrected chi connectivity index (χ4v) is 3.97. The summed E-state index contributed by atoms with van der Waals surface area (Å²) in [5, 5.41) is 16.9. The first-order valence-electron chi connectivity index (χ1n) is 11.7. The number of nitrogens with two attached hydrogens (primary N) is 3. The molecular formula is C23H37N7O5S2. The van der Waals surface area contributed by atoms with Gasteiger partial charge in [0.2, 0.25) is 17.7 Å². The highest BCUT2D eigenvalue weighted by Gasteiger charge is 2.29. The number of aliphatic imine (C=N–C) groups is 1. The molecule has 0 saturated heterocycles. The molecule has 1 aromatic rings. The Bertz CT molecular complexity index is 916. The molecule has 4 atom stereocenters. The number of carbonyl (C=O) groups excluding carboxylic acids is 3. The van der Waals surface area contributed by atoms with E-state index in [0.717, 1.165) is 5.56 Å². The van der Waals surface area contributed by atoms with Crippen LogP contribution in [0.5, 0.6) is 0 Å². The summed E-state index contributed by atoms with van der Waals surface area (Å²) < 4.78 is 0. The van der Waals surface area contributed by atoms with Crippen LogP contribution >= 0.6 is 24.4 Å². The highest BCUT2D eigenvalue weighted by atomic mass is 32.2. The molecule has 206 valence electrons. The number of hydrogen-bond donors (Lipinski definition) is 8. The van der Waals surface area contributed by atoms with E-state index in [-0.39, 0.29) is 37.5 Å². The highest BCUT2D eigenvalue weighted by molar-refractivity contribution is 7.98. The number of carboxylic acid groups (broad SMARTS) is 1. The second-order valence-electron chi connectivity index (χ2n) is 8.23. The van der Waals surface area contributed by atoms with Crippen LogP contribution in [-0.2, 0) is 25.6 Å². The Hall–Kier alpha value is -2.97. The summed E-state index contributed by atoms with van der Waals surface area (Å²) in [4.78, 5) is 54.0. The second-order valence-corrected chi connectivity index (χ2v) is 9.58. The molecule has 0 spiro atoms. The van der Waals surface area contributed by atoms with Crippen LogP contribution in [0.25, 0.3) is 0 Å². The Morgan fingerprint density at radius 2 is 1.54 bits per heavy atom. The Morgan fingerprint density at radius 1 is 0.973 bits per heavy atom. The van der Waals surface area contributed by atoms with Crippen molar-refractivity contribution in [2.24, 2.45) is 22.2 Å². The predicted octanol–water partition coefficient (Wildman–Crippen LogP) is -1.17. The summed E-state index contributed by atoms with van der Waals surface area (Å²) >= 11 is 5.41. The van der Waals surface area contributed by atoms with Crippen molar-refractivity contribution in [3.8, 4) is 0 Å². The van der Waals surface area contributed by atoms with Crippen LogP contribution in [0, 0.1) is 0 Å². The lowest BCUT2D eigenvalue weighted by molar-refractivity contribution is -0.141. The van der Waals surface area contributed by atoms with Crippen molar-refractivity contribution in [2.75, 3.05) is 24.3 Å². The summed E-state index contributed by atoms with van der Waals surface area (Å²) in [5.41, 5.74) is 17.6. The topological polar surface area (TPSA) is 215 Å². The van der Waals surface area contributed by atoms with E-state index in [9.17, 15) is 24.3 Å².